The van der Waals surface area contributed by atoms with E-state index in [9.17, 15) is 14.4 Å². The molecule has 0 saturated carbocycles. The average molecular weight is 429 g/mol. The number of nitrogens with one attached hydrogen (secondary N) is 3. The van der Waals surface area contributed by atoms with Crippen LogP contribution >= 0.6 is 12.4 Å². The molecule has 2 aliphatic rings. The standard InChI is InChI=1S/C22H24N4O3.ClH/c27-19(24-12-16-10-23-11-16)13-25-21(28)20-17-8-4-5-9-18(17)22(29)26(20)14-15-6-2-1-3-7-15;/h1-9,16,20,23H,10-14H2,(H,24,27)(H,25,28);1H. The third kappa shape index (κ3) is 4.63. The fraction of sp³-hybridized carbons (Fsp3) is 0.318. The Labute approximate surface area is 181 Å². The molecule has 1 fully saturated rings. The average Bonchev–Trinajstić information content (AvgIpc) is 2.98. The van der Waals surface area contributed by atoms with Crippen molar-refractivity contribution in [2.24, 2.45) is 5.92 Å². The molecule has 7 nitrogen and oxygen atoms in total. The first-order valence-electron chi connectivity index (χ1n) is 9.82. The molecule has 0 aromatic heterocycles. The van der Waals surface area contributed by atoms with Crippen LogP contribution in [0.25, 0.3) is 0 Å². The molecule has 1 saturated heterocycles. The van der Waals surface area contributed by atoms with E-state index in [-0.39, 0.29) is 36.7 Å². The number of fused-ring (bicyclic) bond motifs is 1. The molecule has 1 unspecified atom stereocenters. The van der Waals surface area contributed by atoms with Crippen molar-refractivity contribution in [3.63, 3.8) is 0 Å². The smallest absolute Gasteiger partial charge is 0.255 e. The van der Waals surface area contributed by atoms with Crippen LogP contribution in [0, 0.1) is 5.92 Å². The van der Waals surface area contributed by atoms with Crippen LogP contribution in [0.3, 0.4) is 0 Å². The Morgan fingerprint density at radius 1 is 1.00 bits per heavy atom. The second kappa shape index (κ2) is 9.73. The van der Waals surface area contributed by atoms with Gasteiger partial charge in [0.2, 0.25) is 11.8 Å². The van der Waals surface area contributed by atoms with E-state index in [1.54, 1.807) is 23.1 Å². The van der Waals surface area contributed by atoms with Gasteiger partial charge in [0.25, 0.3) is 5.91 Å². The Hall–Kier alpha value is -2.90. The second-order valence-corrected chi connectivity index (χ2v) is 7.45. The van der Waals surface area contributed by atoms with Gasteiger partial charge in [0.1, 0.15) is 6.04 Å². The summed E-state index contributed by atoms with van der Waals surface area (Å²) < 4.78 is 0. The third-order valence-electron chi connectivity index (χ3n) is 5.38. The van der Waals surface area contributed by atoms with E-state index in [2.05, 4.69) is 16.0 Å². The lowest BCUT2D eigenvalue weighted by molar-refractivity contribution is -0.129. The Morgan fingerprint density at radius 2 is 1.70 bits per heavy atom. The highest BCUT2D eigenvalue weighted by atomic mass is 35.5. The van der Waals surface area contributed by atoms with Gasteiger partial charge in [0, 0.05) is 37.7 Å². The molecule has 4 rings (SSSR count). The lowest BCUT2D eigenvalue weighted by atomic mass is 10.0. The van der Waals surface area contributed by atoms with Gasteiger partial charge in [-0.1, -0.05) is 48.5 Å². The molecule has 0 radical (unpaired) electrons. The van der Waals surface area contributed by atoms with E-state index in [1.165, 1.54) is 0 Å². The quantitative estimate of drug-likeness (QED) is 0.619. The summed E-state index contributed by atoms with van der Waals surface area (Å²) in [5.41, 5.74) is 2.15. The van der Waals surface area contributed by atoms with Crippen molar-refractivity contribution in [1.29, 1.82) is 0 Å². The minimum Gasteiger partial charge on any atom is -0.354 e. The molecule has 1 atom stereocenters. The fourth-order valence-corrected chi connectivity index (χ4v) is 3.67. The highest BCUT2D eigenvalue weighted by molar-refractivity contribution is 6.05. The van der Waals surface area contributed by atoms with Gasteiger partial charge in [-0.15, -0.1) is 12.4 Å². The van der Waals surface area contributed by atoms with Crippen LogP contribution in [0.1, 0.15) is 27.5 Å². The molecule has 0 spiro atoms. The maximum Gasteiger partial charge on any atom is 0.255 e. The minimum atomic E-state index is -0.748. The van der Waals surface area contributed by atoms with Crippen molar-refractivity contribution in [2.45, 2.75) is 12.6 Å². The van der Waals surface area contributed by atoms with Crippen molar-refractivity contribution in [3.05, 3.63) is 71.3 Å². The molecule has 2 aliphatic heterocycles. The number of halogens is 1. The Kier molecular flexibility index (Phi) is 7.07. The number of benzene rings is 2. The Bertz CT molecular complexity index is 918. The van der Waals surface area contributed by atoms with Crippen LogP contribution in [0.5, 0.6) is 0 Å². The van der Waals surface area contributed by atoms with Crippen LogP contribution in [0.4, 0.5) is 0 Å². The van der Waals surface area contributed by atoms with Crippen molar-refractivity contribution in [1.82, 2.24) is 20.9 Å². The van der Waals surface area contributed by atoms with Crippen LogP contribution in [-0.2, 0) is 16.1 Å². The maximum atomic E-state index is 13.0. The van der Waals surface area contributed by atoms with Gasteiger partial charge in [-0.05, 0) is 17.2 Å². The van der Waals surface area contributed by atoms with Crippen LogP contribution in [-0.4, -0.2) is 48.8 Å². The number of amides is 3. The summed E-state index contributed by atoms with van der Waals surface area (Å²) in [6.45, 7) is 2.63. The van der Waals surface area contributed by atoms with Gasteiger partial charge in [0.15, 0.2) is 0 Å². The highest BCUT2D eigenvalue weighted by Crippen LogP contribution is 2.34. The monoisotopic (exact) mass is 428 g/mol. The number of carbonyl (C=O) groups is 3. The van der Waals surface area contributed by atoms with E-state index in [1.807, 2.05) is 36.4 Å². The number of rotatable bonds is 7. The van der Waals surface area contributed by atoms with Crippen molar-refractivity contribution < 1.29 is 14.4 Å². The van der Waals surface area contributed by atoms with Gasteiger partial charge < -0.3 is 20.9 Å². The number of hydrogen-bond acceptors (Lipinski definition) is 4. The second-order valence-electron chi connectivity index (χ2n) is 7.45. The van der Waals surface area contributed by atoms with Crippen molar-refractivity contribution >= 4 is 30.1 Å². The molecule has 2 aromatic carbocycles. The van der Waals surface area contributed by atoms with E-state index in [0.29, 0.717) is 30.1 Å². The van der Waals surface area contributed by atoms with Gasteiger partial charge in [0.05, 0.1) is 6.54 Å². The van der Waals surface area contributed by atoms with Gasteiger partial charge in [-0.3, -0.25) is 14.4 Å². The molecule has 30 heavy (non-hydrogen) atoms. The SMILES string of the molecule is Cl.O=C(CNC(=O)C1c2ccccc2C(=O)N1Cc1ccccc1)NCC1CNC1. The molecule has 8 heteroatoms. The third-order valence-corrected chi connectivity index (χ3v) is 5.38. The van der Waals surface area contributed by atoms with Crippen LogP contribution in [0.2, 0.25) is 0 Å². The van der Waals surface area contributed by atoms with Crippen LogP contribution < -0.4 is 16.0 Å². The predicted molar refractivity (Wildman–Crippen MR) is 115 cm³/mol. The molecule has 2 heterocycles. The largest absolute Gasteiger partial charge is 0.354 e. The van der Waals surface area contributed by atoms with E-state index >= 15 is 0 Å². The first-order valence-corrected chi connectivity index (χ1v) is 9.82. The number of carbonyl (C=O) groups excluding carboxylic acids is 3. The summed E-state index contributed by atoms with van der Waals surface area (Å²) in [5.74, 6) is -0.293. The summed E-state index contributed by atoms with van der Waals surface area (Å²) in [5, 5.41) is 8.69. The van der Waals surface area contributed by atoms with Gasteiger partial charge in [-0.25, -0.2) is 0 Å². The topological polar surface area (TPSA) is 90.5 Å². The van der Waals surface area contributed by atoms with E-state index in [0.717, 1.165) is 18.7 Å². The zero-order chi connectivity index (χ0) is 20.2. The lowest BCUT2D eigenvalue weighted by Crippen LogP contribution is -2.50. The van der Waals surface area contributed by atoms with Crippen molar-refractivity contribution in [3.8, 4) is 0 Å². The summed E-state index contributed by atoms with van der Waals surface area (Å²) in [6.07, 6.45) is 0. The van der Waals surface area contributed by atoms with E-state index < -0.39 is 6.04 Å². The normalized spacial score (nSPS) is 17.5. The van der Waals surface area contributed by atoms with Gasteiger partial charge >= 0.3 is 0 Å². The lowest BCUT2D eigenvalue weighted by Gasteiger charge is -2.27. The molecule has 2 aromatic rings. The number of nitrogens with zero attached hydrogens (tertiary/aromatic N) is 1. The molecule has 3 amide bonds. The zero-order valence-corrected chi connectivity index (χ0v) is 17.3. The summed E-state index contributed by atoms with van der Waals surface area (Å²) in [6, 6.07) is 16.0. The summed E-state index contributed by atoms with van der Waals surface area (Å²) in [4.78, 5) is 39.5. The van der Waals surface area contributed by atoms with E-state index in [4.69, 9.17) is 0 Å². The summed E-state index contributed by atoms with van der Waals surface area (Å²) in [7, 11) is 0. The Morgan fingerprint density at radius 3 is 2.40 bits per heavy atom. The highest BCUT2D eigenvalue weighted by Gasteiger charge is 2.40. The van der Waals surface area contributed by atoms with Gasteiger partial charge in [-0.2, -0.15) is 0 Å². The predicted octanol–water partition coefficient (Wildman–Crippen LogP) is 1.26. The molecule has 0 bridgehead atoms. The molecular weight excluding hydrogens is 404 g/mol. The first kappa shape index (κ1) is 21.8. The molecule has 3 N–H and O–H groups in total. The fourth-order valence-electron chi connectivity index (χ4n) is 3.67. The summed E-state index contributed by atoms with van der Waals surface area (Å²) >= 11 is 0. The number of hydrogen-bond donors (Lipinski definition) is 3. The van der Waals surface area contributed by atoms with Crippen molar-refractivity contribution in [2.75, 3.05) is 26.2 Å². The molecular formula is C22H25ClN4O3. The molecule has 0 aliphatic carbocycles. The zero-order valence-electron chi connectivity index (χ0n) is 16.5. The Balaban J connectivity index is 0.00000256. The first-order chi connectivity index (χ1) is 14.1. The molecule has 158 valence electrons. The minimum absolute atomic E-state index is 0. The maximum absolute atomic E-state index is 13.0. The van der Waals surface area contributed by atoms with Crippen LogP contribution in [0.15, 0.2) is 54.6 Å².